The van der Waals surface area contributed by atoms with Crippen LogP contribution >= 0.6 is 27.3 Å². The molecule has 1 aromatic heterocycles. The van der Waals surface area contributed by atoms with Crippen LogP contribution in [-0.4, -0.2) is 24.4 Å². The Labute approximate surface area is 106 Å². The van der Waals surface area contributed by atoms with Crippen LogP contribution in [0.3, 0.4) is 0 Å². The lowest BCUT2D eigenvalue weighted by Gasteiger charge is -2.07. The van der Waals surface area contributed by atoms with E-state index in [1.54, 1.807) is 11.3 Å². The second-order valence-corrected chi connectivity index (χ2v) is 6.13. The van der Waals surface area contributed by atoms with E-state index in [0.29, 0.717) is 6.54 Å². The van der Waals surface area contributed by atoms with Gasteiger partial charge in [0.1, 0.15) is 0 Å². The van der Waals surface area contributed by atoms with Crippen molar-refractivity contribution < 1.29 is 9.59 Å². The number of halogens is 1. The topological polar surface area (TPSA) is 58.2 Å². The molecule has 4 nitrogen and oxygen atoms in total. The third-order valence-corrected chi connectivity index (χ3v) is 4.04. The van der Waals surface area contributed by atoms with E-state index in [9.17, 15) is 9.59 Å². The fourth-order valence-corrected chi connectivity index (χ4v) is 3.06. The summed E-state index contributed by atoms with van der Waals surface area (Å²) in [6.45, 7) is 0.707. The van der Waals surface area contributed by atoms with Crippen LogP contribution in [0.2, 0.25) is 0 Å². The average molecular weight is 303 g/mol. The first-order valence-electron chi connectivity index (χ1n) is 4.96. The molecule has 0 radical (unpaired) electrons. The molecule has 1 aromatic rings. The average Bonchev–Trinajstić information content (AvgIpc) is 2.74. The fraction of sp³-hybridized carbons (Fsp3) is 0.400. The number of hydrogen-bond donors (Lipinski definition) is 2. The molecule has 1 aliphatic rings. The Morgan fingerprint density at radius 3 is 2.88 bits per heavy atom. The third kappa shape index (κ3) is 2.90. The van der Waals surface area contributed by atoms with Crippen molar-refractivity contribution in [3.05, 3.63) is 20.8 Å². The molecule has 0 aromatic carbocycles. The molecule has 1 saturated heterocycles. The molecular weight excluding hydrogens is 292 g/mol. The summed E-state index contributed by atoms with van der Waals surface area (Å²) >= 11 is 5.08. The van der Waals surface area contributed by atoms with E-state index in [1.165, 1.54) is 4.88 Å². The highest BCUT2D eigenvalue weighted by atomic mass is 79.9. The zero-order chi connectivity index (χ0) is 11.5. The molecular formula is C10H11BrN2O2S. The molecule has 0 aliphatic carbocycles. The van der Waals surface area contributed by atoms with E-state index in [-0.39, 0.29) is 24.3 Å². The van der Waals surface area contributed by atoms with Gasteiger partial charge in [-0.15, -0.1) is 11.3 Å². The number of amides is 2. The van der Waals surface area contributed by atoms with Crippen molar-refractivity contribution in [2.24, 2.45) is 0 Å². The van der Waals surface area contributed by atoms with Crippen molar-refractivity contribution in [3.63, 3.8) is 0 Å². The van der Waals surface area contributed by atoms with E-state index in [2.05, 4.69) is 32.6 Å². The van der Waals surface area contributed by atoms with Crippen LogP contribution in [0.25, 0.3) is 0 Å². The largest absolute Gasteiger partial charge is 0.305 e. The summed E-state index contributed by atoms with van der Waals surface area (Å²) in [7, 11) is 0. The summed E-state index contributed by atoms with van der Waals surface area (Å²) in [4.78, 5) is 23.4. The molecule has 1 fully saturated rings. The van der Waals surface area contributed by atoms with Gasteiger partial charge in [-0.1, -0.05) is 0 Å². The summed E-state index contributed by atoms with van der Waals surface area (Å²) in [5, 5.41) is 5.35. The van der Waals surface area contributed by atoms with Gasteiger partial charge in [0.25, 0.3) is 0 Å². The maximum atomic E-state index is 11.2. The van der Waals surface area contributed by atoms with E-state index in [1.807, 2.05) is 6.07 Å². The summed E-state index contributed by atoms with van der Waals surface area (Å²) in [5.41, 5.74) is 0. The van der Waals surface area contributed by atoms with Gasteiger partial charge in [0.15, 0.2) is 0 Å². The van der Waals surface area contributed by atoms with Crippen molar-refractivity contribution in [1.29, 1.82) is 0 Å². The molecule has 2 N–H and O–H groups in total. The van der Waals surface area contributed by atoms with Crippen LogP contribution in [0.4, 0.5) is 0 Å². The minimum atomic E-state index is -0.351. The monoisotopic (exact) mass is 302 g/mol. The van der Waals surface area contributed by atoms with Gasteiger partial charge in [-0.3, -0.25) is 14.9 Å². The highest BCUT2D eigenvalue weighted by molar-refractivity contribution is 9.11. The SMILES string of the molecule is O=C1CC(NCCc2ccc(Br)s2)C(=O)N1. The van der Waals surface area contributed by atoms with E-state index < -0.39 is 0 Å². The van der Waals surface area contributed by atoms with Crippen molar-refractivity contribution in [1.82, 2.24) is 10.6 Å². The van der Waals surface area contributed by atoms with Gasteiger partial charge >= 0.3 is 0 Å². The van der Waals surface area contributed by atoms with Crippen LogP contribution < -0.4 is 10.6 Å². The Kier molecular flexibility index (Phi) is 3.73. The van der Waals surface area contributed by atoms with Gasteiger partial charge in [0.05, 0.1) is 16.2 Å². The molecule has 2 amide bonds. The summed E-state index contributed by atoms with van der Waals surface area (Å²) in [6.07, 6.45) is 1.13. The first-order valence-corrected chi connectivity index (χ1v) is 6.57. The Morgan fingerprint density at radius 2 is 2.31 bits per heavy atom. The molecule has 16 heavy (non-hydrogen) atoms. The van der Waals surface area contributed by atoms with Crippen molar-refractivity contribution >= 4 is 39.1 Å². The summed E-state index contributed by atoms with van der Waals surface area (Å²) < 4.78 is 1.11. The molecule has 0 spiro atoms. The van der Waals surface area contributed by atoms with Gasteiger partial charge in [-0.05, 0) is 34.5 Å². The van der Waals surface area contributed by atoms with Crippen LogP contribution in [0, 0.1) is 0 Å². The van der Waals surface area contributed by atoms with Gasteiger partial charge in [0.2, 0.25) is 11.8 Å². The normalized spacial score (nSPS) is 20.2. The number of carbonyl (C=O) groups is 2. The molecule has 2 rings (SSSR count). The van der Waals surface area contributed by atoms with Crippen LogP contribution in [0.1, 0.15) is 11.3 Å². The number of imide groups is 1. The van der Waals surface area contributed by atoms with Crippen LogP contribution in [0.5, 0.6) is 0 Å². The van der Waals surface area contributed by atoms with Gasteiger partial charge < -0.3 is 5.32 Å². The molecule has 1 aliphatic heterocycles. The first kappa shape index (κ1) is 11.8. The fourth-order valence-electron chi connectivity index (χ4n) is 1.57. The molecule has 6 heteroatoms. The number of thiophene rings is 1. The maximum absolute atomic E-state index is 11.2. The van der Waals surface area contributed by atoms with Crippen molar-refractivity contribution in [2.75, 3.05) is 6.54 Å². The lowest BCUT2D eigenvalue weighted by Crippen LogP contribution is -2.37. The molecule has 86 valence electrons. The number of nitrogens with one attached hydrogen (secondary N) is 2. The Bertz CT molecular complexity index is 419. The second kappa shape index (κ2) is 5.07. The lowest BCUT2D eigenvalue weighted by molar-refractivity contribution is -0.125. The highest BCUT2D eigenvalue weighted by Crippen LogP contribution is 2.22. The molecule has 1 unspecified atom stereocenters. The molecule has 0 bridgehead atoms. The minimum absolute atomic E-state index is 0.193. The second-order valence-electron chi connectivity index (χ2n) is 3.58. The summed E-state index contributed by atoms with van der Waals surface area (Å²) in [5.74, 6) is -0.404. The van der Waals surface area contributed by atoms with Crippen LogP contribution in [-0.2, 0) is 16.0 Å². The standard InChI is InChI=1S/C10H11BrN2O2S/c11-8-2-1-6(16-8)3-4-12-7-5-9(14)13-10(7)15/h1-2,7,12H,3-5H2,(H,13,14,15). The zero-order valence-corrected chi connectivity index (χ0v) is 10.9. The Balaban J connectivity index is 1.76. The smallest absolute Gasteiger partial charge is 0.244 e. The summed E-state index contributed by atoms with van der Waals surface area (Å²) in [6, 6.07) is 3.71. The van der Waals surface area contributed by atoms with Crippen molar-refractivity contribution in [2.45, 2.75) is 18.9 Å². The quantitative estimate of drug-likeness (QED) is 0.818. The number of hydrogen-bond acceptors (Lipinski definition) is 4. The van der Waals surface area contributed by atoms with Gasteiger partial charge in [0, 0.05) is 11.4 Å². The van der Waals surface area contributed by atoms with Gasteiger partial charge in [-0.2, -0.15) is 0 Å². The Hall–Kier alpha value is -0.720. The number of rotatable bonds is 4. The zero-order valence-electron chi connectivity index (χ0n) is 8.46. The predicted octanol–water partition coefficient (Wildman–Crippen LogP) is 1.06. The van der Waals surface area contributed by atoms with E-state index in [4.69, 9.17) is 0 Å². The predicted molar refractivity (Wildman–Crippen MR) is 65.3 cm³/mol. The van der Waals surface area contributed by atoms with Crippen molar-refractivity contribution in [3.8, 4) is 0 Å². The van der Waals surface area contributed by atoms with E-state index in [0.717, 1.165) is 10.2 Å². The third-order valence-electron chi connectivity index (χ3n) is 2.36. The highest BCUT2D eigenvalue weighted by Gasteiger charge is 2.29. The van der Waals surface area contributed by atoms with E-state index >= 15 is 0 Å². The molecule has 1 atom stereocenters. The Morgan fingerprint density at radius 1 is 1.50 bits per heavy atom. The lowest BCUT2D eigenvalue weighted by atomic mass is 10.2. The van der Waals surface area contributed by atoms with Crippen LogP contribution in [0.15, 0.2) is 15.9 Å². The maximum Gasteiger partial charge on any atom is 0.244 e. The first-order chi connectivity index (χ1) is 7.65. The minimum Gasteiger partial charge on any atom is -0.305 e. The molecule has 0 saturated carbocycles. The molecule has 2 heterocycles. The number of carbonyl (C=O) groups excluding carboxylic acids is 2. The van der Waals surface area contributed by atoms with Gasteiger partial charge in [-0.25, -0.2) is 0 Å².